The molecule has 5 nitrogen and oxygen atoms in total. The Hall–Kier alpha value is -2.44. The minimum absolute atomic E-state index is 0.185. The summed E-state index contributed by atoms with van der Waals surface area (Å²) in [7, 11) is 0. The van der Waals surface area contributed by atoms with Crippen LogP contribution in [0.3, 0.4) is 0 Å². The fourth-order valence-electron chi connectivity index (χ4n) is 2.09. The molecule has 0 spiro atoms. The zero-order chi connectivity index (χ0) is 18.9. The molecule has 0 aliphatic carbocycles. The van der Waals surface area contributed by atoms with Crippen molar-refractivity contribution in [3.05, 3.63) is 64.7 Å². The maximum atomic E-state index is 12.0. The Bertz CT molecular complexity index is 776. The zero-order valence-electron chi connectivity index (χ0n) is 14.3. The van der Waals surface area contributed by atoms with Gasteiger partial charge < -0.3 is 15.4 Å². The molecule has 2 aromatic rings. The monoisotopic (exact) mass is 390 g/mol. The number of anilines is 1. The SMILES string of the molecule is CCCOC(=O)c1ccc(NC(=S)NC(=O)Cc2ccc(Cl)cc2)cc1. The van der Waals surface area contributed by atoms with Gasteiger partial charge in [-0.2, -0.15) is 0 Å². The summed E-state index contributed by atoms with van der Waals surface area (Å²) in [4.78, 5) is 23.8. The lowest BCUT2D eigenvalue weighted by molar-refractivity contribution is -0.119. The Morgan fingerprint density at radius 3 is 2.35 bits per heavy atom. The van der Waals surface area contributed by atoms with E-state index in [1.54, 1.807) is 48.5 Å². The van der Waals surface area contributed by atoms with Gasteiger partial charge in [0.25, 0.3) is 0 Å². The van der Waals surface area contributed by atoms with Crippen LogP contribution in [0.1, 0.15) is 29.3 Å². The maximum Gasteiger partial charge on any atom is 0.338 e. The Kier molecular flexibility index (Phi) is 7.56. The van der Waals surface area contributed by atoms with E-state index in [9.17, 15) is 9.59 Å². The summed E-state index contributed by atoms with van der Waals surface area (Å²) in [6.45, 7) is 2.32. The number of benzene rings is 2. The van der Waals surface area contributed by atoms with Gasteiger partial charge in [-0.3, -0.25) is 4.79 Å². The van der Waals surface area contributed by atoms with E-state index in [0.29, 0.717) is 22.9 Å². The van der Waals surface area contributed by atoms with Crippen molar-refractivity contribution in [3.63, 3.8) is 0 Å². The second-order valence-electron chi connectivity index (χ2n) is 5.52. The van der Waals surface area contributed by atoms with Crippen LogP contribution in [0, 0.1) is 0 Å². The third-order valence-corrected chi connectivity index (χ3v) is 3.80. The molecule has 1 amide bonds. The fourth-order valence-corrected chi connectivity index (χ4v) is 2.45. The third-order valence-electron chi connectivity index (χ3n) is 3.35. The molecule has 0 aliphatic rings. The van der Waals surface area contributed by atoms with Gasteiger partial charge >= 0.3 is 5.97 Å². The van der Waals surface area contributed by atoms with Gasteiger partial charge in [-0.1, -0.05) is 30.7 Å². The van der Waals surface area contributed by atoms with E-state index in [-0.39, 0.29) is 23.4 Å². The van der Waals surface area contributed by atoms with Crippen LogP contribution in [0.5, 0.6) is 0 Å². The van der Waals surface area contributed by atoms with E-state index in [0.717, 1.165) is 12.0 Å². The second kappa shape index (κ2) is 9.89. The maximum absolute atomic E-state index is 12.0. The molecule has 0 unspecified atom stereocenters. The quantitative estimate of drug-likeness (QED) is 0.577. The van der Waals surface area contributed by atoms with Crippen molar-refractivity contribution in [3.8, 4) is 0 Å². The van der Waals surface area contributed by atoms with Crippen molar-refractivity contribution in [2.24, 2.45) is 0 Å². The minimum atomic E-state index is -0.364. The average molecular weight is 391 g/mol. The van der Waals surface area contributed by atoms with Crippen molar-refractivity contribution < 1.29 is 14.3 Å². The molecule has 0 atom stereocenters. The number of carbonyl (C=O) groups excluding carboxylic acids is 2. The van der Waals surface area contributed by atoms with E-state index in [4.69, 9.17) is 28.6 Å². The number of carbonyl (C=O) groups is 2. The highest BCUT2D eigenvalue weighted by molar-refractivity contribution is 7.80. The van der Waals surface area contributed by atoms with Crippen LogP contribution in [0.4, 0.5) is 5.69 Å². The second-order valence-corrected chi connectivity index (χ2v) is 6.36. The smallest absolute Gasteiger partial charge is 0.338 e. The fraction of sp³-hybridized carbons (Fsp3) is 0.211. The number of amides is 1. The van der Waals surface area contributed by atoms with E-state index in [2.05, 4.69) is 10.6 Å². The molecule has 2 N–H and O–H groups in total. The molecule has 0 radical (unpaired) electrons. The first-order chi connectivity index (χ1) is 12.5. The van der Waals surface area contributed by atoms with Gasteiger partial charge in [-0.05, 0) is 60.6 Å². The molecule has 0 fully saturated rings. The highest BCUT2D eigenvalue weighted by Gasteiger charge is 2.08. The van der Waals surface area contributed by atoms with Crippen LogP contribution in [0.25, 0.3) is 0 Å². The molecule has 0 aliphatic heterocycles. The molecule has 26 heavy (non-hydrogen) atoms. The molecule has 0 heterocycles. The van der Waals surface area contributed by atoms with E-state index in [1.807, 2.05) is 6.92 Å². The number of hydrogen-bond acceptors (Lipinski definition) is 4. The number of nitrogens with one attached hydrogen (secondary N) is 2. The Balaban J connectivity index is 1.84. The molecule has 136 valence electrons. The molecule has 0 saturated heterocycles. The predicted molar refractivity (Wildman–Crippen MR) is 107 cm³/mol. The first-order valence-corrected chi connectivity index (χ1v) is 8.89. The van der Waals surface area contributed by atoms with E-state index in [1.165, 1.54) is 0 Å². The largest absolute Gasteiger partial charge is 0.462 e. The first-order valence-electron chi connectivity index (χ1n) is 8.10. The number of hydrogen-bond donors (Lipinski definition) is 2. The number of thiocarbonyl (C=S) groups is 1. The van der Waals surface area contributed by atoms with Gasteiger partial charge in [-0.25, -0.2) is 4.79 Å². The van der Waals surface area contributed by atoms with Crippen molar-refractivity contribution in [2.45, 2.75) is 19.8 Å². The van der Waals surface area contributed by atoms with Crippen LogP contribution in [0.15, 0.2) is 48.5 Å². The Morgan fingerprint density at radius 1 is 1.08 bits per heavy atom. The van der Waals surface area contributed by atoms with Crippen molar-refractivity contribution in [1.82, 2.24) is 5.32 Å². The molecule has 0 aromatic heterocycles. The molecule has 2 aromatic carbocycles. The van der Waals surface area contributed by atoms with Gasteiger partial charge in [0.2, 0.25) is 5.91 Å². The normalized spacial score (nSPS) is 10.1. The van der Waals surface area contributed by atoms with Crippen LogP contribution in [0.2, 0.25) is 5.02 Å². The standard InChI is InChI=1S/C19H19ClN2O3S/c1-2-11-25-18(24)14-5-9-16(10-6-14)21-19(26)22-17(23)12-13-3-7-15(20)8-4-13/h3-10H,2,11-12H2,1H3,(H2,21,22,23,26). The van der Waals surface area contributed by atoms with E-state index < -0.39 is 0 Å². The number of rotatable bonds is 6. The van der Waals surface area contributed by atoms with Gasteiger partial charge in [0.05, 0.1) is 18.6 Å². The summed E-state index contributed by atoms with van der Waals surface area (Å²) in [6.07, 6.45) is 0.969. The van der Waals surface area contributed by atoms with Gasteiger partial charge in [-0.15, -0.1) is 0 Å². The lowest BCUT2D eigenvalue weighted by Crippen LogP contribution is -2.35. The summed E-state index contributed by atoms with van der Waals surface area (Å²) in [6, 6.07) is 13.7. The van der Waals surface area contributed by atoms with Gasteiger partial charge in [0.1, 0.15) is 0 Å². The van der Waals surface area contributed by atoms with E-state index >= 15 is 0 Å². The summed E-state index contributed by atoms with van der Waals surface area (Å²) in [5.74, 6) is -0.596. The summed E-state index contributed by atoms with van der Waals surface area (Å²) in [5.41, 5.74) is 1.96. The molecule has 7 heteroatoms. The molecular formula is C19H19ClN2O3S. The topological polar surface area (TPSA) is 67.4 Å². The van der Waals surface area contributed by atoms with Crippen molar-refractivity contribution in [2.75, 3.05) is 11.9 Å². The molecule has 2 rings (SSSR count). The van der Waals surface area contributed by atoms with Crippen molar-refractivity contribution in [1.29, 1.82) is 0 Å². The first kappa shape index (κ1) is 19.9. The lowest BCUT2D eigenvalue weighted by atomic mass is 10.1. The Morgan fingerprint density at radius 2 is 1.73 bits per heavy atom. The van der Waals surface area contributed by atoms with Gasteiger partial charge in [0.15, 0.2) is 5.11 Å². The molecule has 0 bridgehead atoms. The Labute approximate surface area is 162 Å². The van der Waals surface area contributed by atoms with Crippen LogP contribution in [-0.4, -0.2) is 23.6 Å². The molecule has 0 saturated carbocycles. The highest BCUT2D eigenvalue weighted by atomic mass is 35.5. The van der Waals surface area contributed by atoms with Crippen LogP contribution in [-0.2, 0) is 16.0 Å². The number of ether oxygens (including phenoxy) is 1. The number of halogens is 1. The van der Waals surface area contributed by atoms with Crippen molar-refractivity contribution >= 4 is 46.5 Å². The van der Waals surface area contributed by atoms with Crippen LogP contribution >= 0.6 is 23.8 Å². The molecular weight excluding hydrogens is 372 g/mol. The third kappa shape index (κ3) is 6.46. The minimum Gasteiger partial charge on any atom is -0.462 e. The van der Waals surface area contributed by atoms with Gasteiger partial charge in [0, 0.05) is 10.7 Å². The number of esters is 1. The summed E-state index contributed by atoms with van der Waals surface area (Å²) in [5, 5.41) is 6.32. The zero-order valence-corrected chi connectivity index (χ0v) is 15.8. The predicted octanol–water partition coefficient (Wildman–Crippen LogP) is 3.96. The highest BCUT2D eigenvalue weighted by Crippen LogP contribution is 2.12. The summed E-state index contributed by atoms with van der Waals surface area (Å²) < 4.78 is 5.06. The lowest BCUT2D eigenvalue weighted by Gasteiger charge is -2.10. The van der Waals surface area contributed by atoms with Crippen LogP contribution < -0.4 is 10.6 Å². The average Bonchev–Trinajstić information content (AvgIpc) is 2.62. The summed E-state index contributed by atoms with van der Waals surface area (Å²) >= 11 is 11.0.